The van der Waals surface area contributed by atoms with Crippen molar-refractivity contribution in [1.82, 2.24) is 0 Å². The largest absolute Gasteiger partial charge is 0.481 e. The number of aliphatic carboxylic acids is 1. The number of aliphatic hydroxyl groups is 1. The van der Waals surface area contributed by atoms with E-state index in [2.05, 4.69) is 19.6 Å². The minimum absolute atomic E-state index is 0.365. The molecule has 12 heavy (non-hydrogen) atoms. The van der Waals surface area contributed by atoms with E-state index in [1.807, 2.05) is 0 Å². The van der Waals surface area contributed by atoms with Crippen LogP contribution in [-0.2, 0) is 4.79 Å². The molecule has 4 heteroatoms. The van der Waals surface area contributed by atoms with Gasteiger partial charge in [0.2, 0.25) is 0 Å². The van der Waals surface area contributed by atoms with Gasteiger partial charge in [-0.2, -0.15) is 0 Å². The van der Waals surface area contributed by atoms with Crippen LogP contribution >= 0.6 is 0 Å². The van der Waals surface area contributed by atoms with E-state index in [1.54, 1.807) is 0 Å². The molecule has 2 N–H and O–H groups in total. The summed E-state index contributed by atoms with van der Waals surface area (Å²) in [5.74, 6) is -0.833. The zero-order valence-electron chi connectivity index (χ0n) is 8.42. The lowest BCUT2D eigenvalue weighted by Crippen LogP contribution is -2.19. The molecule has 0 bridgehead atoms. The number of carbonyl (C=O) groups is 1. The SMILES string of the molecule is CC(=O)O.C[Si](C)(C)CCCO. The van der Waals surface area contributed by atoms with Gasteiger partial charge in [-0.3, -0.25) is 4.79 Å². The number of carboxylic acids is 1. The van der Waals surface area contributed by atoms with Crippen LogP contribution in [-0.4, -0.2) is 30.9 Å². The Morgan fingerprint density at radius 2 is 1.67 bits per heavy atom. The monoisotopic (exact) mass is 192 g/mol. The lowest BCUT2D eigenvalue weighted by molar-refractivity contribution is -0.134. The van der Waals surface area contributed by atoms with Crippen molar-refractivity contribution in [2.75, 3.05) is 6.61 Å². The molecule has 0 saturated heterocycles. The molecule has 0 aromatic heterocycles. The Hall–Kier alpha value is -0.353. The average Bonchev–Trinajstić information content (AvgIpc) is 1.80. The van der Waals surface area contributed by atoms with E-state index in [-0.39, 0.29) is 0 Å². The first-order valence-corrected chi connectivity index (χ1v) is 7.80. The fourth-order valence-electron chi connectivity index (χ4n) is 0.609. The Morgan fingerprint density at radius 3 is 1.75 bits per heavy atom. The minimum atomic E-state index is -0.838. The van der Waals surface area contributed by atoms with E-state index in [1.165, 1.54) is 6.04 Å². The van der Waals surface area contributed by atoms with Gasteiger partial charge in [0.15, 0.2) is 0 Å². The molecule has 0 aromatic rings. The third-order valence-electron chi connectivity index (χ3n) is 1.08. The fourth-order valence-corrected chi connectivity index (χ4v) is 1.83. The summed E-state index contributed by atoms with van der Waals surface area (Å²) < 4.78 is 0. The van der Waals surface area contributed by atoms with Crippen LogP contribution in [0, 0.1) is 0 Å². The standard InChI is InChI=1S/C6H16OSi.C2H4O2/c1-8(2,3)6-4-5-7;1-2(3)4/h7H,4-6H2,1-3H3;1H3,(H,3,4). The highest BCUT2D eigenvalue weighted by atomic mass is 28.3. The quantitative estimate of drug-likeness (QED) is 0.670. The van der Waals surface area contributed by atoms with Crippen LogP contribution in [0.2, 0.25) is 25.7 Å². The van der Waals surface area contributed by atoms with Crippen LogP contribution in [0.15, 0.2) is 0 Å². The van der Waals surface area contributed by atoms with Crippen molar-refractivity contribution in [2.45, 2.75) is 39.0 Å². The van der Waals surface area contributed by atoms with Crippen molar-refractivity contribution in [3.63, 3.8) is 0 Å². The van der Waals surface area contributed by atoms with Gasteiger partial charge in [-0.05, 0) is 6.42 Å². The first-order chi connectivity index (χ1) is 5.29. The summed E-state index contributed by atoms with van der Waals surface area (Å²) in [6, 6.07) is 1.25. The molecule has 0 unspecified atom stereocenters. The van der Waals surface area contributed by atoms with Gasteiger partial charge in [-0.15, -0.1) is 0 Å². The van der Waals surface area contributed by atoms with E-state index < -0.39 is 14.0 Å². The molecule has 0 saturated carbocycles. The summed E-state index contributed by atoms with van der Waals surface area (Å²) in [6.45, 7) is 8.41. The zero-order valence-corrected chi connectivity index (χ0v) is 9.42. The Bertz CT molecular complexity index is 114. The molecule has 0 aromatic carbocycles. The van der Waals surface area contributed by atoms with Crippen molar-refractivity contribution < 1.29 is 15.0 Å². The number of hydrogen-bond donors (Lipinski definition) is 2. The van der Waals surface area contributed by atoms with Crippen molar-refractivity contribution >= 4 is 14.0 Å². The van der Waals surface area contributed by atoms with Crippen molar-refractivity contribution in [2.24, 2.45) is 0 Å². The fraction of sp³-hybridized carbons (Fsp3) is 0.875. The highest BCUT2D eigenvalue weighted by Gasteiger charge is 2.10. The molecule has 0 rings (SSSR count). The second-order valence-electron chi connectivity index (χ2n) is 3.91. The maximum Gasteiger partial charge on any atom is 0.300 e. The normalized spacial score (nSPS) is 10.1. The Morgan fingerprint density at radius 1 is 1.33 bits per heavy atom. The van der Waals surface area contributed by atoms with Gasteiger partial charge in [0.1, 0.15) is 0 Å². The maximum absolute atomic E-state index is 9.00. The van der Waals surface area contributed by atoms with E-state index in [9.17, 15) is 0 Å². The Labute approximate surface area is 75.4 Å². The molecular formula is C8H20O3Si. The second kappa shape index (κ2) is 7.30. The van der Waals surface area contributed by atoms with Crippen molar-refractivity contribution in [1.29, 1.82) is 0 Å². The smallest absolute Gasteiger partial charge is 0.300 e. The van der Waals surface area contributed by atoms with Gasteiger partial charge in [-0.25, -0.2) is 0 Å². The van der Waals surface area contributed by atoms with Gasteiger partial charge < -0.3 is 10.2 Å². The highest BCUT2D eigenvalue weighted by molar-refractivity contribution is 6.76. The van der Waals surface area contributed by atoms with Crippen LogP contribution in [0.3, 0.4) is 0 Å². The molecule has 0 aliphatic rings. The van der Waals surface area contributed by atoms with Gasteiger partial charge >= 0.3 is 0 Å². The molecule has 0 amide bonds. The predicted octanol–water partition coefficient (Wildman–Crippen LogP) is 1.80. The lowest BCUT2D eigenvalue weighted by Gasteiger charge is -2.13. The molecule has 0 atom stereocenters. The maximum atomic E-state index is 9.00. The van der Waals surface area contributed by atoms with E-state index in [4.69, 9.17) is 15.0 Å². The molecule has 0 heterocycles. The Balaban J connectivity index is 0. The summed E-state index contributed by atoms with van der Waals surface area (Å²) in [6.07, 6.45) is 0.996. The van der Waals surface area contributed by atoms with Gasteiger partial charge in [0.05, 0.1) is 0 Å². The Kier molecular flexibility index (Phi) is 8.64. The summed E-state index contributed by atoms with van der Waals surface area (Å²) in [5, 5.41) is 15.9. The summed E-state index contributed by atoms with van der Waals surface area (Å²) >= 11 is 0. The van der Waals surface area contributed by atoms with Crippen LogP contribution in [0.25, 0.3) is 0 Å². The van der Waals surface area contributed by atoms with Gasteiger partial charge in [0, 0.05) is 21.6 Å². The summed E-state index contributed by atoms with van der Waals surface area (Å²) in [7, 11) is -0.838. The summed E-state index contributed by atoms with van der Waals surface area (Å²) in [4.78, 5) is 9.00. The lowest BCUT2D eigenvalue weighted by atomic mass is 10.5. The number of aliphatic hydroxyl groups excluding tert-OH is 1. The average molecular weight is 192 g/mol. The first kappa shape index (κ1) is 14.2. The number of carboxylic acid groups (broad SMARTS) is 1. The van der Waals surface area contributed by atoms with E-state index in [0.29, 0.717) is 6.61 Å². The molecule has 74 valence electrons. The second-order valence-corrected chi connectivity index (χ2v) is 9.53. The highest BCUT2D eigenvalue weighted by Crippen LogP contribution is 2.09. The zero-order chi connectivity index (χ0) is 10.2. The van der Waals surface area contributed by atoms with Crippen LogP contribution in [0.5, 0.6) is 0 Å². The molecule has 0 aliphatic carbocycles. The van der Waals surface area contributed by atoms with Gasteiger partial charge in [-0.1, -0.05) is 25.7 Å². The van der Waals surface area contributed by atoms with E-state index in [0.717, 1.165) is 13.3 Å². The first-order valence-electron chi connectivity index (χ1n) is 4.10. The molecule has 0 spiro atoms. The third kappa shape index (κ3) is 33.4. The molecular weight excluding hydrogens is 172 g/mol. The molecule has 3 nitrogen and oxygen atoms in total. The minimum Gasteiger partial charge on any atom is -0.481 e. The number of hydrogen-bond acceptors (Lipinski definition) is 2. The van der Waals surface area contributed by atoms with Crippen LogP contribution < -0.4 is 0 Å². The molecule has 0 fully saturated rings. The van der Waals surface area contributed by atoms with E-state index >= 15 is 0 Å². The molecule has 0 radical (unpaired) electrons. The number of rotatable bonds is 3. The predicted molar refractivity (Wildman–Crippen MR) is 53.2 cm³/mol. The van der Waals surface area contributed by atoms with Crippen LogP contribution in [0.4, 0.5) is 0 Å². The van der Waals surface area contributed by atoms with Crippen molar-refractivity contribution in [3.05, 3.63) is 0 Å². The topological polar surface area (TPSA) is 57.5 Å². The van der Waals surface area contributed by atoms with Crippen LogP contribution in [0.1, 0.15) is 13.3 Å². The summed E-state index contributed by atoms with van der Waals surface area (Å²) in [5.41, 5.74) is 0. The third-order valence-corrected chi connectivity index (χ3v) is 2.94. The molecule has 0 aliphatic heterocycles. The van der Waals surface area contributed by atoms with Crippen molar-refractivity contribution in [3.8, 4) is 0 Å². The van der Waals surface area contributed by atoms with Gasteiger partial charge in [0.25, 0.3) is 5.97 Å².